The molecule has 214 valence electrons. The Kier molecular flexibility index (Phi) is 10.2. The Labute approximate surface area is 243 Å². The van der Waals surface area contributed by atoms with Gasteiger partial charge >= 0.3 is 0 Å². The molecule has 2 nitrogen and oxygen atoms in total. The lowest BCUT2D eigenvalue weighted by atomic mass is 9.86. The van der Waals surface area contributed by atoms with Crippen molar-refractivity contribution in [3.05, 3.63) is 83.0 Å². The maximum Gasteiger partial charge on any atom is 0.145 e. The first-order valence-corrected chi connectivity index (χ1v) is 15.4. The third-order valence-corrected chi connectivity index (χ3v) is 7.16. The fraction of sp³-hybridized carbons (Fsp3) is 0.447. The number of pyridine rings is 1. The molecular formula is C38H52N2. The second kappa shape index (κ2) is 13.0. The van der Waals surface area contributed by atoms with Crippen LogP contribution in [0.1, 0.15) is 117 Å². The molecule has 0 N–H and O–H groups in total. The van der Waals surface area contributed by atoms with Gasteiger partial charge in [0.05, 0.1) is 16.9 Å². The highest BCUT2D eigenvalue weighted by molar-refractivity contribution is 6.12. The molecule has 0 unspecified atom stereocenters. The van der Waals surface area contributed by atoms with Crippen LogP contribution >= 0.6 is 0 Å². The van der Waals surface area contributed by atoms with Gasteiger partial charge in [0.2, 0.25) is 0 Å². The normalized spacial score (nSPS) is 11.7. The van der Waals surface area contributed by atoms with E-state index in [1.165, 1.54) is 56.0 Å². The van der Waals surface area contributed by atoms with Crippen LogP contribution in [0.2, 0.25) is 0 Å². The summed E-state index contributed by atoms with van der Waals surface area (Å²) in [4.78, 5) is 5.21. The van der Waals surface area contributed by atoms with Crippen molar-refractivity contribution in [1.82, 2.24) is 9.38 Å². The first-order valence-electron chi connectivity index (χ1n) is 15.4. The van der Waals surface area contributed by atoms with Crippen LogP contribution in [0, 0.1) is 12.3 Å². The van der Waals surface area contributed by atoms with Gasteiger partial charge in [0.15, 0.2) is 0 Å². The number of aromatic nitrogens is 2. The number of benzene rings is 3. The molecular weight excluding hydrogens is 484 g/mol. The third-order valence-electron chi connectivity index (χ3n) is 7.16. The molecule has 5 aromatic rings. The summed E-state index contributed by atoms with van der Waals surface area (Å²) in [5.74, 6) is 0.859. The molecule has 5 rings (SSSR count). The van der Waals surface area contributed by atoms with Crippen molar-refractivity contribution in [2.45, 2.75) is 108 Å². The van der Waals surface area contributed by atoms with Crippen LogP contribution in [0.25, 0.3) is 38.6 Å². The van der Waals surface area contributed by atoms with E-state index >= 15 is 0 Å². The average Bonchev–Trinajstić information content (AvgIpc) is 3.25. The van der Waals surface area contributed by atoms with Crippen LogP contribution in [-0.4, -0.2) is 9.38 Å². The molecule has 2 heterocycles. The van der Waals surface area contributed by atoms with E-state index in [-0.39, 0.29) is 5.41 Å². The summed E-state index contributed by atoms with van der Waals surface area (Å²) in [6.07, 6.45) is 2.30. The first-order chi connectivity index (χ1) is 19.0. The Morgan fingerprint density at radius 1 is 0.750 bits per heavy atom. The Morgan fingerprint density at radius 3 is 1.82 bits per heavy atom. The minimum atomic E-state index is 0.243. The van der Waals surface area contributed by atoms with Gasteiger partial charge in [0.1, 0.15) is 5.65 Å². The molecule has 0 amide bonds. The van der Waals surface area contributed by atoms with Crippen LogP contribution in [-0.2, 0) is 6.42 Å². The minimum Gasteiger partial charge on any atom is -0.291 e. The average molecular weight is 537 g/mol. The van der Waals surface area contributed by atoms with Gasteiger partial charge in [0.25, 0.3) is 0 Å². The van der Waals surface area contributed by atoms with E-state index in [0.29, 0.717) is 11.8 Å². The lowest BCUT2D eigenvalue weighted by molar-refractivity contribution is 0.411. The molecule has 2 heteroatoms. The van der Waals surface area contributed by atoms with Crippen LogP contribution in [0.5, 0.6) is 0 Å². The number of hydrogen-bond donors (Lipinski definition) is 0. The van der Waals surface area contributed by atoms with E-state index in [2.05, 4.69) is 134 Å². The number of aryl methyl sites for hydroxylation is 1. The van der Waals surface area contributed by atoms with Crippen LogP contribution in [0.4, 0.5) is 0 Å². The molecule has 0 radical (unpaired) electrons. The smallest absolute Gasteiger partial charge is 0.145 e. The Hall–Kier alpha value is -3.13. The SMILES string of the molecule is CC.CCC.Cc1nc2c3ccccc3c3cc(CC(C)(C)C)ccc3n2c1-c1c(C(C)C)cccc1C(C)C. The van der Waals surface area contributed by atoms with Gasteiger partial charge in [-0.3, -0.25) is 4.40 Å². The summed E-state index contributed by atoms with van der Waals surface area (Å²) in [5.41, 5.74) is 10.4. The lowest BCUT2D eigenvalue weighted by Gasteiger charge is -2.22. The maximum atomic E-state index is 5.21. The highest BCUT2D eigenvalue weighted by atomic mass is 15.0. The first kappa shape index (κ1) is 31.4. The monoisotopic (exact) mass is 536 g/mol. The van der Waals surface area contributed by atoms with Crippen LogP contribution < -0.4 is 0 Å². The van der Waals surface area contributed by atoms with Gasteiger partial charge in [-0.05, 0) is 64.8 Å². The van der Waals surface area contributed by atoms with E-state index in [1.54, 1.807) is 0 Å². The van der Waals surface area contributed by atoms with E-state index in [4.69, 9.17) is 4.98 Å². The summed E-state index contributed by atoms with van der Waals surface area (Å²) in [6.45, 7) is 26.6. The second-order valence-corrected chi connectivity index (χ2v) is 12.7. The topological polar surface area (TPSA) is 17.3 Å². The molecule has 0 saturated carbocycles. The van der Waals surface area contributed by atoms with E-state index < -0.39 is 0 Å². The molecule has 0 fully saturated rings. The Morgan fingerprint density at radius 2 is 1.30 bits per heavy atom. The highest BCUT2D eigenvalue weighted by Gasteiger charge is 2.24. The molecule has 0 bridgehead atoms. The number of rotatable bonds is 4. The standard InChI is InChI=1S/C33H38N2.C3H8.C2H6/c1-20(2)24-14-11-15-25(21(3)4)30(24)31-22(5)34-32-27-13-10-9-12-26(27)28-18-23(19-33(6,7)8)16-17-29(28)35(31)32;1-3-2;1-2/h9-18,20-21H,19H2,1-8H3;3H2,1-2H3;1-2H3. The quantitative estimate of drug-likeness (QED) is 0.209. The summed E-state index contributed by atoms with van der Waals surface area (Å²) in [6, 6.07) is 22.7. The second-order valence-electron chi connectivity index (χ2n) is 12.7. The molecule has 2 aromatic heterocycles. The van der Waals surface area contributed by atoms with Gasteiger partial charge in [0, 0.05) is 16.3 Å². The number of imidazole rings is 1. The van der Waals surface area contributed by atoms with Gasteiger partial charge in [-0.1, -0.05) is 131 Å². The van der Waals surface area contributed by atoms with Crippen molar-refractivity contribution in [2.75, 3.05) is 0 Å². The molecule has 3 aromatic carbocycles. The minimum absolute atomic E-state index is 0.243. The summed E-state index contributed by atoms with van der Waals surface area (Å²) >= 11 is 0. The molecule has 0 aliphatic heterocycles. The van der Waals surface area contributed by atoms with Gasteiger partial charge < -0.3 is 0 Å². The van der Waals surface area contributed by atoms with E-state index in [1.807, 2.05) is 13.8 Å². The van der Waals surface area contributed by atoms with Crippen molar-refractivity contribution >= 4 is 27.3 Å². The molecule has 0 saturated heterocycles. The van der Waals surface area contributed by atoms with Crippen molar-refractivity contribution in [3.63, 3.8) is 0 Å². The lowest BCUT2D eigenvalue weighted by Crippen LogP contribution is -2.09. The molecule has 0 atom stereocenters. The van der Waals surface area contributed by atoms with Gasteiger partial charge in [-0.25, -0.2) is 4.98 Å². The zero-order valence-corrected chi connectivity index (χ0v) is 27.2. The maximum absolute atomic E-state index is 5.21. The molecule has 0 aliphatic rings. The predicted octanol–water partition coefficient (Wildman–Crippen LogP) is 11.9. The predicted molar refractivity (Wildman–Crippen MR) is 179 cm³/mol. The van der Waals surface area contributed by atoms with Crippen molar-refractivity contribution in [3.8, 4) is 11.3 Å². The fourth-order valence-electron chi connectivity index (χ4n) is 5.69. The largest absolute Gasteiger partial charge is 0.291 e. The van der Waals surface area contributed by atoms with Crippen LogP contribution in [0.3, 0.4) is 0 Å². The van der Waals surface area contributed by atoms with Gasteiger partial charge in [-0.15, -0.1) is 0 Å². The van der Waals surface area contributed by atoms with Crippen molar-refractivity contribution < 1.29 is 0 Å². The van der Waals surface area contributed by atoms with Gasteiger partial charge in [-0.2, -0.15) is 0 Å². The summed E-state index contributed by atoms with van der Waals surface area (Å²) in [7, 11) is 0. The zero-order chi connectivity index (χ0) is 29.8. The van der Waals surface area contributed by atoms with Crippen LogP contribution in [0.15, 0.2) is 60.7 Å². The Bertz CT molecular complexity index is 1550. The summed E-state index contributed by atoms with van der Waals surface area (Å²) < 4.78 is 2.45. The fourth-order valence-corrected chi connectivity index (χ4v) is 5.69. The number of hydrogen-bond acceptors (Lipinski definition) is 1. The van der Waals surface area contributed by atoms with E-state index in [0.717, 1.165) is 17.8 Å². The zero-order valence-electron chi connectivity index (χ0n) is 27.2. The van der Waals surface area contributed by atoms with E-state index in [9.17, 15) is 0 Å². The van der Waals surface area contributed by atoms with Crippen molar-refractivity contribution in [1.29, 1.82) is 0 Å². The third kappa shape index (κ3) is 6.27. The Balaban J connectivity index is 0.000000827. The van der Waals surface area contributed by atoms with Crippen molar-refractivity contribution in [2.24, 2.45) is 5.41 Å². The molecule has 0 aliphatic carbocycles. The number of fused-ring (bicyclic) bond motifs is 6. The molecule has 40 heavy (non-hydrogen) atoms. The highest BCUT2D eigenvalue weighted by Crippen LogP contribution is 2.41. The summed E-state index contributed by atoms with van der Waals surface area (Å²) in [5, 5.41) is 3.81. The molecule has 0 spiro atoms. The number of nitrogens with zero attached hydrogens (tertiary/aromatic N) is 2.